The average Bonchev–Trinajstić information content (AvgIpc) is 3.02. The van der Waals surface area contributed by atoms with Crippen LogP contribution in [0.5, 0.6) is 0 Å². The molecule has 1 amide bonds. The molecular formula is C24H30N8O. The van der Waals surface area contributed by atoms with Crippen molar-refractivity contribution < 1.29 is 4.79 Å². The molecule has 33 heavy (non-hydrogen) atoms. The Kier molecular flexibility index (Phi) is 6.48. The van der Waals surface area contributed by atoms with E-state index >= 15 is 0 Å². The van der Waals surface area contributed by atoms with Gasteiger partial charge in [0.1, 0.15) is 0 Å². The van der Waals surface area contributed by atoms with Crippen molar-refractivity contribution in [1.82, 2.24) is 34.6 Å². The molecule has 1 aliphatic rings. The molecule has 9 nitrogen and oxygen atoms in total. The maximum Gasteiger partial charge on any atom is 0.246 e. The Morgan fingerprint density at radius 3 is 2.55 bits per heavy atom. The van der Waals surface area contributed by atoms with Gasteiger partial charge in [0.05, 0.1) is 11.4 Å². The number of nitrogens with zero attached hydrogens (tertiary/aromatic N) is 7. The first-order valence-electron chi connectivity index (χ1n) is 11.2. The van der Waals surface area contributed by atoms with Crippen LogP contribution in [0.15, 0.2) is 24.5 Å². The summed E-state index contributed by atoms with van der Waals surface area (Å²) >= 11 is 0. The zero-order chi connectivity index (χ0) is 23.5. The van der Waals surface area contributed by atoms with E-state index in [0.29, 0.717) is 18.3 Å². The molecule has 0 saturated carbocycles. The zero-order valence-electron chi connectivity index (χ0n) is 19.8. The summed E-state index contributed by atoms with van der Waals surface area (Å²) in [5.74, 6) is 1.22. The van der Waals surface area contributed by atoms with Gasteiger partial charge in [0.15, 0.2) is 5.82 Å². The number of piperidine rings is 1. The SMILES string of the molecule is Cc1cc(C)nc(Nc2nccnc2C2CCCN(C(=O)/C=C/c3c(C)nn(C)c3C)C2)n1. The number of anilines is 2. The van der Waals surface area contributed by atoms with Crippen LogP contribution in [0.4, 0.5) is 11.8 Å². The van der Waals surface area contributed by atoms with Crippen LogP contribution in [0.3, 0.4) is 0 Å². The van der Waals surface area contributed by atoms with E-state index in [-0.39, 0.29) is 11.8 Å². The summed E-state index contributed by atoms with van der Waals surface area (Å²) in [4.78, 5) is 32.9. The van der Waals surface area contributed by atoms with E-state index < -0.39 is 0 Å². The van der Waals surface area contributed by atoms with Gasteiger partial charge in [-0.15, -0.1) is 0 Å². The van der Waals surface area contributed by atoms with Crippen molar-refractivity contribution in [2.24, 2.45) is 7.05 Å². The van der Waals surface area contributed by atoms with Gasteiger partial charge < -0.3 is 10.2 Å². The lowest BCUT2D eigenvalue weighted by molar-refractivity contribution is -0.127. The van der Waals surface area contributed by atoms with Gasteiger partial charge in [-0.25, -0.2) is 15.0 Å². The molecule has 1 atom stereocenters. The van der Waals surface area contributed by atoms with Gasteiger partial charge in [-0.1, -0.05) is 0 Å². The largest absolute Gasteiger partial charge is 0.338 e. The van der Waals surface area contributed by atoms with Gasteiger partial charge >= 0.3 is 0 Å². The molecule has 1 fully saturated rings. The van der Waals surface area contributed by atoms with Crippen LogP contribution in [-0.4, -0.2) is 53.6 Å². The van der Waals surface area contributed by atoms with Crippen LogP contribution in [0.2, 0.25) is 0 Å². The van der Waals surface area contributed by atoms with Crippen molar-refractivity contribution in [1.29, 1.82) is 0 Å². The number of likely N-dealkylation sites (tertiary alicyclic amines) is 1. The Bertz CT molecular complexity index is 1180. The second-order valence-electron chi connectivity index (χ2n) is 8.55. The smallest absolute Gasteiger partial charge is 0.246 e. The van der Waals surface area contributed by atoms with E-state index in [0.717, 1.165) is 53.4 Å². The molecule has 1 saturated heterocycles. The Hall–Kier alpha value is -3.62. The minimum absolute atomic E-state index is 0.00149. The van der Waals surface area contributed by atoms with E-state index in [1.807, 2.05) is 56.5 Å². The van der Waals surface area contributed by atoms with Gasteiger partial charge in [0.2, 0.25) is 11.9 Å². The van der Waals surface area contributed by atoms with Crippen LogP contribution in [0.25, 0.3) is 6.08 Å². The molecule has 0 bridgehead atoms. The fourth-order valence-corrected chi connectivity index (χ4v) is 4.32. The molecule has 3 aromatic heterocycles. The first-order chi connectivity index (χ1) is 15.8. The molecule has 4 rings (SSSR count). The van der Waals surface area contributed by atoms with Crippen molar-refractivity contribution in [2.45, 2.75) is 46.5 Å². The van der Waals surface area contributed by atoms with E-state index in [1.165, 1.54) is 0 Å². The molecule has 1 aliphatic heterocycles. The molecule has 9 heteroatoms. The summed E-state index contributed by atoms with van der Waals surface area (Å²) in [6.07, 6.45) is 8.72. The van der Waals surface area contributed by atoms with Crippen molar-refractivity contribution in [3.8, 4) is 0 Å². The normalized spacial score (nSPS) is 16.4. The summed E-state index contributed by atoms with van der Waals surface area (Å²) in [6.45, 7) is 9.15. The minimum Gasteiger partial charge on any atom is -0.338 e. The number of carbonyl (C=O) groups is 1. The zero-order valence-corrected chi connectivity index (χ0v) is 19.8. The summed E-state index contributed by atoms with van der Waals surface area (Å²) in [7, 11) is 1.91. The molecule has 0 aliphatic carbocycles. The third kappa shape index (κ3) is 5.08. The van der Waals surface area contributed by atoms with Crippen LogP contribution >= 0.6 is 0 Å². The lowest BCUT2D eigenvalue weighted by Crippen LogP contribution is -2.38. The fraction of sp³-hybridized carbons (Fsp3) is 0.417. The molecule has 0 radical (unpaired) electrons. The summed E-state index contributed by atoms with van der Waals surface area (Å²) < 4.78 is 1.83. The van der Waals surface area contributed by atoms with E-state index in [9.17, 15) is 4.79 Å². The maximum atomic E-state index is 13.0. The number of rotatable bonds is 5. The maximum absolute atomic E-state index is 13.0. The van der Waals surface area contributed by atoms with E-state index in [4.69, 9.17) is 0 Å². The minimum atomic E-state index is -0.00149. The second kappa shape index (κ2) is 9.48. The van der Waals surface area contributed by atoms with Crippen LogP contribution in [0, 0.1) is 27.7 Å². The topological polar surface area (TPSA) is 102 Å². The Labute approximate surface area is 194 Å². The molecule has 0 spiro atoms. The van der Waals surface area contributed by atoms with Crippen molar-refractivity contribution in [3.63, 3.8) is 0 Å². The summed E-state index contributed by atoms with van der Waals surface area (Å²) in [5, 5.41) is 7.65. The number of hydrogen-bond donors (Lipinski definition) is 1. The van der Waals surface area contributed by atoms with Crippen LogP contribution in [0.1, 0.15) is 52.8 Å². The lowest BCUT2D eigenvalue weighted by Gasteiger charge is -2.32. The quantitative estimate of drug-likeness (QED) is 0.599. The van der Waals surface area contributed by atoms with Crippen molar-refractivity contribution >= 4 is 23.7 Å². The molecule has 0 aromatic carbocycles. The van der Waals surface area contributed by atoms with Crippen molar-refractivity contribution in [3.05, 3.63) is 58.6 Å². The predicted molar refractivity (Wildman–Crippen MR) is 127 cm³/mol. The van der Waals surface area contributed by atoms with E-state index in [2.05, 4.69) is 30.4 Å². The molecule has 172 valence electrons. The van der Waals surface area contributed by atoms with Gasteiger partial charge in [-0.05, 0) is 52.7 Å². The van der Waals surface area contributed by atoms with Gasteiger partial charge in [0.25, 0.3) is 0 Å². The predicted octanol–water partition coefficient (Wildman–Crippen LogP) is 3.40. The molecule has 4 heterocycles. The van der Waals surface area contributed by atoms with E-state index in [1.54, 1.807) is 18.5 Å². The first-order valence-corrected chi connectivity index (χ1v) is 11.2. The molecular weight excluding hydrogens is 416 g/mol. The average molecular weight is 447 g/mol. The molecule has 1 N–H and O–H groups in total. The second-order valence-corrected chi connectivity index (χ2v) is 8.55. The highest BCUT2D eigenvalue weighted by molar-refractivity contribution is 5.92. The first kappa shape index (κ1) is 22.6. The number of hydrogen-bond acceptors (Lipinski definition) is 7. The number of nitrogens with one attached hydrogen (secondary N) is 1. The number of aromatic nitrogens is 6. The van der Waals surface area contributed by atoms with Gasteiger partial charge in [0, 0.05) is 67.2 Å². The highest BCUT2D eigenvalue weighted by Gasteiger charge is 2.27. The number of aryl methyl sites for hydroxylation is 4. The Balaban J connectivity index is 1.50. The number of amides is 1. The highest BCUT2D eigenvalue weighted by Crippen LogP contribution is 2.30. The van der Waals surface area contributed by atoms with Gasteiger partial charge in [-0.2, -0.15) is 5.10 Å². The lowest BCUT2D eigenvalue weighted by atomic mass is 9.94. The highest BCUT2D eigenvalue weighted by atomic mass is 16.2. The third-order valence-electron chi connectivity index (χ3n) is 6.02. The van der Waals surface area contributed by atoms with Crippen LogP contribution < -0.4 is 5.32 Å². The molecule has 1 unspecified atom stereocenters. The van der Waals surface area contributed by atoms with Gasteiger partial charge in [-0.3, -0.25) is 14.5 Å². The third-order valence-corrected chi connectivity index (χ3v) is 6.02. The standard InChI is InChI=1S/C24H30N8O/c1-15-13-16(2)28-24(27-15)29-23-22(25-10-11-26-23)19-7-6-12-32(14-19)21(33)9-8-20-17(3)30-31(5)18(20)4/h8-11,13,19H,6-7,12,14H2,1-5H3,(H,26,27,28,29)/b9-8+. The fourth-order valence-electron chi connectivity index (χ4n) is 4.32. The van der Waals surface area contributed by atoms with Crippen LogP contribution in [-0.2, 0) is 11.8 Å². The monoisotopic (exact) mass is 446 g/mol. The number of carbonyl (C=O) groups excluding carboxylic acids is 1. The van der Waals surface area contributed by atoms with Crippen molar-refractivity contribution in [2.75, 3.05) is 18.4 Å². The molecule has 3 aromatic rings. The Morgan fingerprint density at radius 1 is 1.12 bits per heavy atom. The summed E-state index contributed by atoms with van der Waals surface area (Å²) in [5.41, 5.74) is 5.55. The summed E-state index contributed by atoms with van der Waals surface area (Å²) in [6, 6.07) is 1.93. The Morgan fingerprint density at radius 2 is 1.85 bits per heavy atom.